The van der Waals surface area contributed by atoms with E-state index in [0.29, 0.717) is 0 Å². The Bertz CT molecular complexity index is 715. The van der Waals surface area contributed by atoms with Gasteiger partial charge in [-0.2, -0.15) is 5.10 Å². The molecule has 2 aliphatic rings. The Labute approximate surface area is 143 Å². The normalized spacial score (nSPS) is 21.3. The van der Waals surface area contributed by atoms with Crippen molar-refractivity contribution < 1.29 is 0 Å². The smallest absolute Gasteiger partial charge is 0.0946 e. The highest BCUT2D eigenvalue weighted by Gasteiger charge is 2.19. The fourth-order valence-electron chi connectivity index (χ4n) is 3.48. The van der Waals surface area contributed by atoms with Crippen LogP contribution in [0.15, 0.2) is 53.6 Å². The molecule has 1 saturated heterocycles. The second kappa shape index (κ2) is 6.75. The van der Waals surface area contributed by atoms with Gasteiger partial charge in [-0.3, -0.25) is 10.3 Å². The maximum absolute atomic E-state index is 4.31. The first kappa shape index (κ1) is 15.4. The molecule has 0 saturated carbocycles. The van der Waals surface area contributed by atoms with E-state index in [2.05, 4.69) is 75.9 Å². The molecule has 2 aliphatic heterocycles. The molecule has 24 heavy (non-hydrogen) atoms. The average molecular weight is 320 g/mol. The summed E-state index contributed by atoms with van der Waals surface area (Å²) in [5.74, 6) is 0. The van der Waals surface area contributed by atoms with Gasteiger partial charge >= 0.3 is 0 Å². The Morgan fingerprint density at radius 3 is 2.54 bits per heavy atom. The maximum Gasteiger partial charge on any atom is 0.0946 e. The topological polar surface area (TPSA) is 30.9 Å². The molecule has 4 rings (SSSR count). The lowest BCUT2D eigenvalue weighted by Gasteiger charge is -2.32. The van der Waals surface area contributed by atoms with Crippen molar-refractivity contribution in [2.75, 3.05) is 33.2 Å². The van der Waals surface area contributed by atoms with Crippen LogP contribution in [0.4, 0.5) is 0 Å². The van der Waals surface area contributed by atoms with Crippen LogP contribution in [0.25, 0.3) is 0 Å². The zero-order chi connectivity index (χ0) is 16.4. The van der Waals surface area contributed by atoms with Gasteiger partial charge in [0.05, 0.1) is 12.3 Å². The molecule has 0 spiro atoms. The van der Waals surface area contributed by atoms with E-state index in [-0.39, 0.29) is 6.04 Å². The molecule has 0 bridgehead atoms. The highest BCUT2D eigenvalue weighted by Crippen LogP contribution is 2.27. The van der Waals surface area contributed by atoms with E-state index in [0.717, 1.165) is 19.6 Å². The van der Waals surface area contributed by atoms with Crippen LogP contribution >= 0.6 is 0 Å². The van der Waals surface area contributed by atoms with Gasteiger partial charge in [0.25, 0.3) is 0 Å². The van der Waals surface area contributed by atoms with Crippen LogP contribution in [0.1, 0.15) is 28.3 Å². The number of hydrazone groups is 1. The van der Waals surface area contributed by atoms with Gasteiger partial charge < -0.3 is 4.90 Å². The summed E-state index contributed by atoms with van der Waals surface area (Å²) < 4.78 is 0. The molecule has 0 amide bonds. The third-order valence-electron chi connectivity index (χ3n) is 5.03. The third kappa shape index (κ3) is 3.21. The standard InChI is InChI=1S/C20H24N4/c1-23-10-12-24(13-11-23)15-16-6-8-17(9-7-16)20-19-5-3-2-4-18(19)14-21-22-20/h2-9,14,20,22H,10-13,15H2,1H3. The lowest BCUT2D eigenvalue weighted by atomic mass is 9.94. The highest BCUT2D eigenvalue weighted by atomic mass is 15.3. The first-order valence-electron chi connectivity index (χ1n) is 8.67. The quantitative estimate of drug-likeness (QED) is 0.942. The van der Waals surface area contributed by atoms with Crippen LogP contribution in [-0.2, 0) is 6.54 Å². The zero-order valence-corrected chi connectivity index (χ0v) is 14.2. The first-order valence-corrected chi connectivity index (χ1v) is 8.67. The van der Waals surface area contributed by atoms with Crippen molar-refractivity contribution in [1.82, 2.24) is 15.2 Å². The van der Waals surface area contributed by atoms with Crippen LogP contribution in [0, 0.1) is 0 Å². The number of benzene rings is 2. The second-order valence-corrected chi connectivity index (χ2v) is 6.77. The van der Waals surface area contributed by atoms with Crippen LogP contribution in [0.5, 0.6) is 0 Å². The molecule has 4 heteroatoms. The Kier molecular flexibility index (Phi) is 4.32. The summed E-state index contributed by atoms with van der Waals surface area (Å²) in [5.41, 5.74) is 8.39. The summed E-state index contributed by atoms with van der Waals surface area (Å²) in [5, 5.41) is 4.31. The minimum Gasteiger partial charge on any atom is -0.304 e. The van der Waals surface area contributed by atoms with Crippen LogP contribution in [-0.4, -0.2) is 49.2 Å². The molecule has 0 aliphatic carbocycles. The van der Waals surface area contributed by atoms with Crippen molar-refractivity contribution in [2.24, 2.45) is 5.10 Å². The van der Waals surface area contributed by atoms with E-state index in [1.807, 2.05) is 6.21 Å². The van der Waals surface area contributed by atoms with Gasteiger partial charge in [0.2, 0.25) is 0 Å². The zero-order valence-electron chi connectivity index (χ0n) is 14.2. The SMILES string of the molecule is CN1CCN(Cc2ccc(C3NN=Cc4ccccc43)cc2)CC1. The van der Waals surface area contributed by atoms with E-state index in [9.17, 15) is 0 Å². The van der Waals surface area contributed by atoms with Crippen molar-refractivity contribution in [1.29, 1.82) is 0 Å². The number of likely N-dealkylation sites (N-methyl/N-ethyl adjacent to an activating group) is 1. The van der Waals surface area contributed by atoms with Crippen LogP contribution < -0.4 is 5.43 Å². The molecule has 0 radical (unpaired) electrons. The first-order chi connectivity index (χ1) is 11.8. The lowest BCUT2D eigenvalue weighted by Crippen LogP contribution is -2.43. The van der Waals surface area contributed by atoms with E-state index in [4.69, 9.17) is 0 Å². The number of hydrogen-bond donors (Lipinski definition) is 1. The molecular formula is C20H24N4. The molecule has 124 valence electrons. The number of hydrogen-bond acceptors (Lipinski definition) is 4. The number of piperazine rings is 1. The van der Waals surface area contributed by atoms with Gasteiger partial charge in [-0.25, -0.2) is 0 Å². The van der Waals surface area contributed by atoms with Gasteiger partial charge in [0, 0.05) is 38.3 Å². The molecule has 1 unspecified atom stereocenters. The Morgan fingerprint density at radius 1 is 1.00 bits per heavy atom. The van der Waals surface area contributed by atoms with Crippen LogP contribution in [0.3, 0.4) is 0 Å². The van der Waals surface area contributed by atoms with Crippen molar-refractivity contribution in [3.8, 4) is 0 Å². The third-order valence-corrected chi connectivity index (χ3v) is 5.03. The average Bonchev–Trinajstić information content (AvgIpc) is 2.64. The molecule has 1 N–H and O–H groups in total. The Balaban J connectivity index is 1.47. The molecule has 1 fully saturated rings. The fraction of sp³-hybridized carbons (Fsp3) is 0.350. The van der Waals surface area contributed by atoms with Gasteiger partial charge in [-0.15, -0.1) is 0 Å². The summed E-state index contributed by atoms with van der Waals surface area (Å²) >= 11 is 0. The minimum absolute atomic E-state index is 0.142. The largest absolute Gasteiger partial charge is 0.304 e. The van der Waals surface area contributed by atoms with Gasteiger partial charge in [-0.05, 0) is 23.7 Å². The molecule has 2 heterocycles. The Hall–Kier alpha value is -2.17. The highest BCUT2D eigenvalue weighted by molar-refractivity contribution is 5.83. The Morgan fingerprint density at radius 2 is 1.75 bits per heavy atom. The van der Waals surface area contributed by atoms with E-state index in [1.165, 1.54) is 35.3 Å². The minimum atomic E-state index is 0.142. The summed E-state index contributed by atoms with van der Waals surface area (Å²) in [6, 6.07) is 17.6. The lowest BCUT2D eigenvalue weighted by molar-refractivity contribution is 0.148. The summed E-state index contributed by atoms with van der Waals surface area (Å²) in [7, 11) is 2.20. The van der Waals surface area contributed by atoms with Crippen molar-refractivity contribution in [3.63, 3.8) is 0 Å². The number of rotatable bonds is 3. The van der Waals surface area contributed by atoms with Crippen molar-refractivity contribution >= 4 is 6.21 Å². The predicted octanol–water partition coefficient (Wildman–Crippen LogP) is 2.46. The molecule has 0 aromatic heterocycles. The van der Waals surface area contributed by atoms with E-state index in [1.54, 1.807) is 0 Å². The summed E-state index contributed by atoms with van der Waals surface area (Å²) in [4.78, 5) is 4.93. The van der Waals surface area contributed by atoms with E-state index >= 15 is 0 Å². The predicted molar refractivity (Wildman–Crippen MR) is 98.2 cm³/mol. The number of nitrogens with one attached hydrogen (secondary N) is 1. The van der Waals surface area contributed by atoms with E-state index < -0.39 is 0 Å². The van der Waals surface area contributed by atoms with Gasteiger partial charge in [0.1, 0.15) is 0 Å². The molecule has 4 nitrogen and oxygen atoms in total. The molecule has 2 aromatic carbocycles. The van der Waals surface area contributed by atoms with Gasteiger partial charge in [0.15, 0.2) is 0 Å². The molecule has 1 atom stereocenters. The van der Waals surface area contributed by atoms with Crippen LogP contribution in [0.2, 0.25) is 0 Å². The second-order valence-electron chi connectivity index (χ2n) is 6.77. The molecule has 2 aromatic rings. The van der Waals surface area contributed by atoms with Crippen molar-refractivity contribution in [2.45, 2.75) is 12.6 Å². The summed E-state index contributed by atoms with van der Waals surface area (Å²) in [6.07, 6.45) is 1.90. The molecular weight excluding hydrogens is 296 g/mol. The number of fused-ring (bicyclic) bond motifs is 1. The monoisotopic (exact) mass is 320 g/mol. The summed E-state index contributed by atoms with van der Waals surface area (Å²) in [6.45, 7) is 5.69. The fourth-order valence-corrected chi connectivity index (χ4v) is 3.48. The van der Waals surface area contributed by atoms with Gasteiger partial charge in [-0.1, -0.05) is 48.5 Å². The number of nitrogens with zero attached hydrogens (tertiary/aromatic N) is 3. The van der Waals surface area contributed by atoms with Crippen molar-refractivity contribution in [3.05, 3.63) is 70.8 Å². The maximum atomic E-state index is 4.31.